The number of hydrogen-bond acceptors (Lipinski definition) is 6. The predicted octanol–water partition coefficient (Wildman–Crippen LogP) is 3.21. The molecular formula is C18H16N4O3. The number of fused-ring (bicyclic) bond motifs is 1. The minimum Gasteiger partial charge on any atom is -0.493 e. The Bertz CT molecular complexity index is 1020. The summed E-state index contributed by atoms with van der Waals surface area (Å²) >= 11 is 0. The number of nitrogens with zero attached hydrogens (tertiary/aromatic N) is 4. The maximum Gasteiger partial charge on any atom is 0.264 e. The molecule has 4 aromatic rings. The Morgan fingerprint density at radius 3 is 2.80 bits per heavy atom. The fraction of sp³-hybridized carbons (Fsp3) is 0.167. The Morgan fingerprint density at radius 2 is 1.96 bits per heavy atom. The van der Waals surface area contributed by atoms with Gasteiger partial charge in [-0.15, -0.1) is 0 Å². The summed E-state index contributed by atoms with van der Waals surface area (Å²) in [5, 5.41) is 4.04. The van der Waals surface area contributed by atoms with Gasteiger partial charge in [0.15, 0.2) is 18.1 Å². The molecule has 2 heterocycles. The number of aryl methyl sites for hydroxylation is 1. The van der Waals surface area contributed by atoms with Crippen LogP contribution in [0.3, 0.4) is 0 Å². The number of rotatable bonds is 5. The van der Waals surface area contributed by atoms with Gasteiger partial charge in [0.2, 0.25) is 5.82 Å². The van der Waals surface area contributed by atoms with E-state index >= 15 is 0 Å². The Balaban J connectivity index is 1.54. The third kappa shape index (κ3) is 2.91. The number of hydrogen-bond donors (Lipinski definition) is 0. The molecule has 0 atom stereocenters. The summed E-state index contributed by atoms with van der Waals surface area (Å²) in [6, 6.07) is 13.3. The van der Waals surface area contributed by atoms with E-state index in [0.717, 1.165) is 16.6 Å². The van der Waals surface area contributed by atoms with E-state index < -0.39 is 0 Å². The van der Waals surface area contributed by atoms with E-state index in [-0.39, 0.29) is 6.61 Å². The van der Waals surface area contributed by atoms with Gasteiger partial charge in [0.05, 0.1) is 24.5 Å². The van der Waals surface area contributed by atoms with Crippen molar-refractivity contribution >= 4 is 11.0 Å². The Hall–Kier alpha value is -3.35. The molecule has 0 bridgehead atoms. The van der Waals surface area contributed by atoms with E-state index in [4.69, 9.17) is 14.0 Å². The molecule has 0 aliphatic rings. The molecule has 7 heteroatoms. The van der Waals surface area contributed by atoms with Gasteiger partial charge in [0, 0.05) is 12.6 Å². The van der Waals surface area contributed by atoms with Crippen molar-refractivity contribution in [2.45, 2.75) is 6.61 Å². The van der Waals surface area contributed by atoms with Gasteiger partial charge >= 0.3 is 0 Å². The second-order valence-electron chi connectivity index (χ2n) is 5.51. The maximum atomic E-state index is 5.70. The highest BCUT2D eigenvalue weighted by Gasteiger charge is 2.12. The molecule has 126 valence electrons. The molecule has 0 saturated carbocycles. The molecule has 4 rings (SSSR count). The number of imidazole rings is 1. The number of ether oxygens (including phenoxy) is 2. The molecule has 2 aromatic heterocycles. The first-order valence-corrected chi connectivity index (χ1v) is 7.74. The molecule has 0 unspecified atom stereocenters. The first-order chi connectivity index (χ1) is 12.2. The Labute approximate surface area is 143 Å². The number of methoxy groups -OCH3 is 1. The van der Waals surface area contributed by atoms with E-state index in [1.165, 1.54) is 0 Å². The van der Waals surface area contributed by atoms with Gasteiger partial charge in [-0.1, -0.05) is 17.3 Å². The van der Waals surface area contributed by atoms with E-state index in [2.05, 4.69) is 15.1 Å². The summed E-state index contributed by atoms with van der Waals surface area (Å²) in [6.45, 7) is 0.168. The summed E-state index contributed by atoms with van der Waals surface area (Å²) < 4.78 is 18.2. The van der Waals surface area contributed by atoms with Crippen molar-refractivity contribution in [1.82, 2.24) is 19.7 Å². The summed E-state index contributed by atoms with van der Waals surface area (Å²) in [6.07, 6.45) is 1.77. The predicted molar refractivity (Wildman–Crippen MR) is 91.3 cm³/mol. The van der Waals surface area contributed by atoms with Gasteiger partial charge < -0.3 is 18.6 Å². The van der Waals surface area contributed by atoms with Crippen LogP contribution in [0.4, 0.5) is 0 Å². The van der Waals surface area contributed by atoms with E-state index in [0.29, 0.717) is 23.2 Å². The van der Waals surface area contributed by atoms with E-state index in [1.807, 2.05) is 54.1 Å². The summed E-state index contributed by atoms with van der Waals surface area (Å²) in [7, 11) is 3.55. The summed E-state index contributed by atoms with van der Waals surface area (Å²) in [5.41, 5.74) is 2.80. The average molecular weight is 336 g/mol. The molecular weight excluding hydrogens is 320 g/mol. The highest BCUT2D eigenvalue weighted by atomic mass is 16.5. The van der Waals surface area contributed by atoms with Crippen LogP contribution in [0.5, 0.6) is 11.5 Å². The van der Waals surface area contributed by atoms with Crippen molar-refractivity contribution in [3.8, 4) is 22.9 Å². The molecule has 25 heavy (non-hydrogen) atoms. The van der Waals surface area contributed by atoms with E-state index in [1.54, 1.807) is 13.4 Å². The SMILES string of the molecule is COc1ccccc1OCc1nc(-c2ccc3ncn(C)c3c2)no1. The number of para-hydroxylation sites is 2. The lowest BCUT2D eigenvalue weighted by atomic mass is 10.2. The van der Waals surface area contributed by atoms with Crippen LogP contribution < -0.4 is 9.47 Å². The van der Waals surface area contributed by atoms with Gasteiger partial charge in [0.25, 0.3) is 5.89 Å². The van der Waals surface area contributed by atoms with Crippen molar-refractivity contribution in [1.29, 1.82) is 0 Å². The fourth-order valence-corrected chi connectivity index (χ4v) is 2.57. The first kappa shape index (κ1) is 15.2. The number of aromatic nitrogens is 4. The zero-order chi connectivity index (χ0) is 17.2. The van der Waals surface area contributed by atoms with Crippen molar-refractivity contribution in [2.75, 3.05) is 7.11 Å². The second kappa shape index (κ2) is 6.27. The van der Waals surface area contributed by atoms with Crippen LogP contribution in [0.15, 0.2) is 53.3 Å². The Kier molecular flexibility index (Phi) is 3.81. The highest BCUT2D eigenvalue weighted by molar-refractivity contribution is 5.80. The number of benzene rings is 2. The maximum absolute atomic E-state index is 5.70. The van der Waals surface area contributed by atoms with Crippen LogP contribution in [-0.2, 0) is 13.7 Å². The lowest BCUT2D eigenvalue weighted by Crippen LogP contribution is -1.97. The largest absolute Gasteiger partial charge is 0.493 e. The summed E-state index contributed by atoms with van der Waals surface area (Å²) in [5.74, 6) is 2.19. The van der Waals surface area contributed by atoms with Crippen LogP contribution in [0.2, 0.25) is 0 Å². The third-order valence-corrected chi connectivity index (χ3v) is 3.87. The monoisotopic (exact) mass is 336 g/mol. The fourth-order valence-electron chi connectivity index (χ4n) is 2.57. The molecule has 0 fully saturated rings. The molecule has 2 aromatic carbocycles. The Morgan fingerprint density at radius 1 is 1.12 bits per heavy atom. The van der Waals surface area contributed by atoms with Gasteiger partial charge in [-0.25, -0.2) is 4.98 Å². The highest BCUT2D eigenvalue weighted by Crippen LogP contribution is 2.27. The first-order valence-electron chi connectivity index (χ1n) is 7.74. The molecule has 0 N–H and O–H groups in total. The standard InChI is InChI=1S/C18H16N4O3/c1-22-11-19-13-8-7-12(9-14(13)22)18-20-17(25-21-18)10-24-16-6-4-3-5-15(16)23-2/h3-9,11H,10H2,1-2H3. The van der Waals surface area contributed by atoms with Crippen molar-refractivity contribution < 1.29 is 14.0 Å². The van der Waals surface area contributed by atoms with Crippen LogP contribution in [0, 0.1) is 0 Å². The molecule has 7 nitrogen and oxygen atoms in total. The lowest BCUT2D eigenvalue weighted by molar-refractivity contribution is 0.233. The van der Waals surface area contributed by atoms with Crippen LogP contribution in [0.25, 0.3) is 22.4 Å². The normalized spacial score (nSPS) is 11.0. The van der Waals surface area contributed by atoms with Gasteiger partial charge in [-0.2, -0.15) is 4.98 Å². The van der Waals surface area contributed by atoms with Crippen molar-refractivity contribution in [2.24, 2.45) is 7.05 Å². The molecule has 0 amide bonds. The second-order valence-corrected chi connectivity index (χ2v) is 5.51. The minimum absolute atomic E-state index is 0.168. The zero-order valence-corrected chi connectivity index (χ0v) is 13.8. The molecule has 0 aliphatic heterocycles. The molecule has 0 spiro atoms. The zero-order valence-electron chi connectivity index (χ0n) is 13.8. The van der Waals surface area contributed by atoms with Crippen molar-refractivity contribution in [3.05, 3.63) is 54.7 Å². The third-order valence-electron chi connectivity index (χ3n) is 3.87. The van der Waals surface area contributed by atoms with Gasteiger partial charge in [0.1, 0.15) is 0 Å². The van der Waals surface area contributed by atoms with Crippen molar-refractivity contribution in [3.63, 3.8) is 0 Å². The quantitative estimate of drug-likeness (QED) is 0.557. The minimum atomic E-state index is 0.168. The lowest BCUT2D eigenvalue weighted by Gasteiger charge is -2.07. The topological polar surface area (TPSA) is 75.2 Å². The van der Waals surface area contributed by atoms with Gasteiger partial charge in [-0.3, -0.25) is 0 Å². The van der Waals surface area contributed by atoms with Crippen LogP contribution in [-0.4, -0.2) is 26.8 Å². The molecule has 0 saturated heterocycles. The van der Waals surface area contributed by atoms with Crippen LogP contribution in [0.1, 0.15) is 5.89 Å². The van der Waals surface area contributed by atoms with Gasteiger partial charge in [-0.05, 0) is 30.3 Å². The molecule has 0 aliphatic carbocycles. The van der Waals surface area contributed by atoms with E-state index in [9.17, 15) is 0 Å². The summed E-state index contributed by atoms with van der Waals surface area (Å²) in [4.78, 5) is 8.70. The van der Waals surface area contributed by atoms with Crippen LogP contribution >= 0.6 is 0 Å². The smallest absolute Gasteiger partial charge is 0.264 e. The average Bonchev–Trinajstić information content (AvgIpc) is 3.27. The molecule has 0 radical (unpaired) electrons.